The van der Waals surface area contributed by atoms with Crippen molar-refractivity contribution in [1.82, 2.24) is 0 Å². The van der Waals surface area contributed by atoms with E-state index < -0.39 is 0 Å². The molecule has 0 radical (unpaired) electrons. The number of nitrogens with zero attached hydrogens (tertiary/aromatic N) is 1. The highest BCUT2D eigenvalue weighted by molar-refractivity contribution is 7.11. The Hall–Kier alpha value is -2.38. The van der Waals surface area contributed by atoms with Gasteiger partial charge in [-0.3, -0.25) is 4.79 Å². The van der Waals surface area contributed by atoms with Gasteiger partial charge in [-0.2, -0.15) is 5.26 Å². The van der Waals surface area contributed by atoms with Crippen molar-refractivity contribution < 1.29 is 9.53 Å². The van der Waals surface area contributed by atoms with Crippen molar-refractivity contribution in [2.75, 3.05) is 0 Å². The van der Waals surface area contributed by atoms with Crippen molar-refractivity contribution in [3.63, 3.8) is 0 Å². The maximum atomic E-state index is 11.6. The van der Waals surface area contributed by atoms with Crippen molar-refractivity contribution in [3.05, 3.63) is 52.7 Å². The van der Waals surface area contributed by atoms with Crippen molar-refractivity contribution >= 4 is 17.3 Å². The zero-order valence-corrected chi connectivity index (χ0v) is 12.5. The molecule has 0 N–H and O–H groups in total. The molecule has 0 saturated carbocycles. The fourth-order valence-corrected chi connectivity index (χ4v) is 2.55. The normalized spacial score (nSPS) is 10.5. The van der Waals surface area contributed by atoms with Crippen molar-refractivity contribution in [2.24, 2.45) is 0 Å². The Kier molecular flexibility index (Phi) is 5.30. The van der Waals surface area contributed by atoms with Crippen LogP contribution in [0.1, 0.15) is 24.6 Å². The minimum absolute atomic E-state index is 0.276. The van der Waals surface area contributed by atoms with E-state index in [-0.39, 0.29) is 12.4 Å². The van der Waals surface area contributed by atoms with Crippen LogP contribution in [0.5, 0.6) is 5.75 Å². The SMILES string of the molecule is CCC=CCC(=O)Oc1ccc(-c2ccsc2C#N)cc1. The number of esters is 1. The van der Waals surface area contributed by atoms with Crippen LogP contribution in [0.4, 0.5) is 0 Å². The fraction of sp³-hybridized carbons (Fsp3) is 0.176. The number of nitriles is 1. The molecule has 0 spiro atoms. The summed E-state index contributed by atoms with van der Waals surface area (Å²) < 4.78 is 5.24. The number of carbonyl (C=O) groups is 1. The third-order valence-corrected chi connectivity index (χ3v) is 3.67. The van der Waals surface area contributed by atoms with E-state index >= 15 is 0 Å². The highest BCUT2D eigenvalue weighted by Gasteiger charge is 2.07. The predicted molar refractivity (Wildman–Crippen MR) is 84.2 cm³/mol. The summed E-state index contributed by atoms with van der Waals surface area (Å²) in [4.78, 5) is 12.3. The Bertz CT molecular complexity index is 678. The highest BCUT2D eigenvalue weighted by atomic mass is 32.1. The Labute approximate surface area is 128 Å². The van der Waals surface area contributed by atoms with Gasteiger partial charge in [-0.1, -0.05) is 31.2 Å². The van der Waals surface area contributed by atoms with Crippen LogP contribution in [-0.4, -0.2) is 5.97 Å². The molecular weight excluding hydrogens is 282 g/mol. The summed E-state index contributed by atoms with van der Waals surface area (Å²) in [5, 5.41) is 10.9. The van der Waals surface area contributed by atoms with E-state index in [0.29, 0.717) is 10.6 Å². The van der Waals surface area contributed by atoms with Crippen molar-refractivity contribution in [3.8, 4) is 22.9 Å². The van der Waals surface area contributed by atoms with Crippen LogP contribution in [0.15, 0.2) is 47.9 Å². The second-order valence-corrected chi connectivity index (χ2v) is 5.27. The summed E-state index contributed by atoms with van der Waals surface area (Å²) >= 11 is 1.42. The maximum Gasteiger partial charge on any atom is 0.315 e. The van der Waals surface area contributed by atoms with Gasteiger partial charge in [0.15, 0.2) is 0 Å². The standard InChI is InChI=1S/C17H15NO2S/c1-2-3-4-5-17(19)20-14-8-6-13(7-9-14)15-10-11-21-16(15)12-18/h3-4,6-11H,2,5H2,1H3. The van der Waals surface area contributed by atoms with Gasteiger partial charge in [0.1, 0.15) is 16.7 Å². The number of hydrogen-bond donors (Lipinski definition) is 0. The molecular formula is C17H15NO2S. The maximum absolute atomic E-state index is 11.6. The molecule has 1 aromatic carbocycles. The summed E-state index contributed by atoms with van der Waals surface area (Å²) in [7, 11) is 0. The van der Waals surface area contributed by atoms with Gasteiger partial charge in [0.05, 0.1) is 6.42 Å². The van der Waals surface area contributed by atoms with Gasteiger partial charge < -0.3 is 4.74 Å². The Morgan fingerprint density at radius 2 is 2.05 bits per heavy atom. The lowest BCUT2D eigenvalue weighted by Gasteiger charge is -2.04. The lowest BCUT2D eigenvalue weighted by Crippen LogP contribution is -2.05. The third kappa shape index (κ3) is 4.04. The van der Waals surface area contributed by atoms with Crippen LogP contribution >= 0.6 is 11.3 Å². The Morgan fingerprint density at radius 3 is 2.71 bits per heavy atom. The second kappa shape index (κ2) is 7.41. The van der Waals surface area contributed by atoms with Crippen LogP contribution in [0.25, 0.3) is 11.1 Å². The van der Waals surface area contributed by atoms with E-state index in [2.05, 4.69) is 6.07 Å². The van der Waals surface area contributed by atoms with Gasteiger partial charge in [0.25, 0.3) is 0 Å². The van der Waals surface area contributed by atoms with Gasteiger partial charge in [0.2, 0.25) is 0 Å². The fourth-order valence-electron chi connectivity index (χ4n) is 1.85. The number of ether oxygens (including phenoxy) is 1. The molecule has 0 atom stereocenters. The quantitative estimate of drug-likeness (QED) is 0.462. The van der Waals surface area contributed by atoms with E-state index in [4.69, 9.17) is 10.00 Å². The van der Waals surface area contributed by atoms with E-state index in [9.17, 15) is 4.79 Å². The average Bonchev–Trinajstić information content (AvgIpc) is 2.97. The zero-order valence-electron chi connectivity index (χ0n) is 11.7. The lowest BCUT2D eigenvalue weighted by molar-refractivity contribution is -0.133. The van der Waals surface area contributed by atoms with Gasteiger partial charge in [-0.05, 0) is 35.6 Å². The molecule has 1 heterocycles. The molecule has 0 aliphatic rings. The lowest BCUT2D eigenvalue weighted by atomic mass is 10.1. The van der Waals surface area contributed by atoms with E-state index in [1.807, 2.05) is 36.6 Å². The zero-order chi connectivity index (χ0) is 15.1. The molecule has 0 aliphatic carbocycles. The second-order valence-electron chi connectivity index (χ2n) is 4.36. The molecule has 0 unspecified atom stereocenters. The number of benzene rings is 1. The number of carbonyl (C=O) groups excluding carboxylic acids is 1. The molecule has 3 nitrogen and oxygen atoms in total. The summed E-state index contributed by atoms with van der Waals surface area (Å²) in [5.41, 5.74) is 1.85. The molecule has 0 bridgehead atoms. The van der Waals surface area contributed by atoms with Crippen molar-refractivity contribution in [1.29, 1.82) is 5.26 Å². The molecule has 106 valence electrons. The number of allylic oxidation sites excluding steroid dienone is 1. The first-order chi connectivity index (χ1) is 10.2. The van der Waals surface area contributed by atoms with Gasteiger partial charge >= 0.3 is 5.97 Å². The predicted octanol–water partition coefficient (Wildman–Crippen LogP) is 4.55. The van der Waals surface area contributed by atoms with E-state index in [1.54, 1.807) is 18.2 Å². The van der Waals surface area contributed by atoms with Crippen LogP contribution < -0.4 is 4.74 Å². The van der Waals surface area contributed by atoms with E-state index in [1.165, 1.54) is 11.3 Å². The van der Waals surface area contributed by atoms with Crippen LogP contribution in [-0.2, 0) is 4.79 Å². The Balaban J connectivity index is 2.04. The smallest absolute Gasteiger partial charge is 0.315 e. The summed E-state index contributed by atoms with van der Waals surface area (Å²) in [6.07, 6.45) is 4.92. The molecule has 0 saturated heterocycles. The summed E-state index contributed by atoms with van der Waals surface area (Å²) in [6, 6.07) is 11.3. The van der Waals surface area contributed by atoms with E-state index in [0.717, 1.165) is 17.5 Å². The topological polar surface area (TPSA) is 50.1 Å². The summed E-state index contributed by atoms with van der Waals surface area (Å²) in [5.74, 6) is 0.239. The number of hydrogen-bond acceptors (Lipinski definition) is 4. The van der Waals surface area contributed by atoms with Gasteiger partial charge in [-0.15, -0.1) is 11.3 Å². The molecule has 1 aromatic heterocycles. The highest BCUT2D eigenvalue weighted by Crippen LogP contribution is 2.29. The Morgan fingerprint density at radius 1 is 1.29 bits per heavy atom. The molecule has 2 rings (SSSR count). The summed E-state index contributed by atoms with van der Waals surface area (Å²) in [6.45, 7) is 2.01. The largest absolute Gasteiger partial charge is 0.426 e. The molecule has 0 amide bonds. The first-order valence-electron chi connectivity index (χ1n) is 6.68. The first-order valence-corrected chi connectivity index (χ1v) is 7.56. The van der Waals surface area contributed by atoms with Crippen LogP contribution in [0.2, 0.25) is 0 Å². The number of thiophene rings is 1. The minimum atomic E-state index is -0.277. The van der Waals surface area contributed by atoms with Crippen molar-refractivity contribution in [2.45, 2.75) is 19.8 Å². The monoisotopic (exact) mass is 297 g/mol. The molecule has 4 heteroatoms. The first kappa shape index (κ1) is 15.0. The molecule has 0 aliphatic heterocycles. The average molecular weight is 297 g/mol. The third-order valence-electron chi connectivity index (χ3n) is 2.85. The van der Waals surface area contributed by atoms with Gasteiger partial charge in [-0.25, -0.2) is 0 Å². The van der Waals surface area contributed by atoms with Crippen LogP contribution in [0.3, 0.4) is 0 Å². The number of rotatable bonds is 5. The molecule has 21 heavy (non-hydrogen) atoms. The van der Waals surface area contributed by atoms with Crippen LogP contribution in [0, 0.1) is 11.3 Å². The minimum Gasteiger partial charge on any atom is -0.426 e. The molecule has 2 aromatic rings. The van der Waals surface area contributed by atoms with Gasteiger partial charge in [0, 0.05) is 5.56 Å². The molecule has 0 fully saturated rings.